The summed E-state index contributed by atoms with van der Waals surface area (Å²) < 4.78 is 2.10. The maximum atomic E-state index is 4.69. The third kappa shape index (κ3) is 5.31. The molecule has 6 nitrogen and oxygen atoms in total. The Labute approximate surface area is 133 Å². The standard InChI is InChI=1S/C16H30N6/c1-3-5-10-17-16(20-14-8-6-7-9-14)18-11-12-22-13-19-21-15(22)4-2/h13-14H,3-12H2,1-2H3,(H2,17,18,20). The van der Waals surface area contributed by atoms with Gasteiger partial charge in [-0.25, -0.2) is 0 Å². The van der Waals surface area contributed by atoms with Gasteiger partial charge in [-0.3, -0.25) is 4.99 Å². The van der Waals surface area contributed by atoms with Gasteiger partial charge in [0.1, 0.15) is 12.2 Å². The van der Waals surface area contributed by atoms with Gasteiger partial charge in [0.25, 0.3) is 0 Å². The Bertz CT molecular complexity index is 447. The van der Waals surface area contributed by atoms with Crippen molar-refractivity contribution in [2.24, 2.45) is 4.99 Å². The SMILES string of the molecule is CCCCN=C(NCCn1cnnc1CC)NC1CCCC1. The maximum absolute atomic E-state index is 4.69. The van der Waals surface area contributed by atoms with Crippen molar-refractivity contribution < 1.29 is 0 Å². The third-order valence-corrected chi connectivity index (χ3v) is 4.13. The number of rotatable bonds is 8. The van der Waals surface area contributed by atoms with Crippen LogP contribution in [0.5, 0.6) is 0 Å². The Balaban J connectivity index is 1.81. The molecule has 1 aliphatic carbocycles. The molecule has 0 atom stereocenters. The van der Waals surface area contributed by atoms with Crippen LogP contribution in [0.4, 0.5) is 0 Å². The van der Waals surface area contributed by atoms with E-state index >= 15 is 0 Å². The molecule has 1 aromatic heterocycles. The smallest absolute Gasteiger partial charge is 0.191 e. The second kappa shape index (κ2) is 9.43. The zero-order valence-corrected chi connectivity index (χ0v) is 14.0. The first-order valence-corrected chi connectivity index (χ1v) is 8.75. The minimum absolute atomic E-state index is 0.592. The zero-order chi connectivity index (χ0) is 15.6. The number of hydrogen-bond donors (Lipinski definition) is 2. The summed E-state index contributed by atoms with van der Waals surface area (Å²) in [7, 11) is 0. The van der Waals surface area contributed by atoms with Crippen molar-refractivity contribution in [1.82, 2.24) is 25.4 Å². The lowest BCUT2D eigenvalue weighted by molar-refractivity contribution is 0.592. The lowest BCUT2D eigenvalue weighted by Crippen LogP contribution is -2.43. The maximum Gasteiger partial charge on any atom is 0.191 e. The van der Waals surface area contributed by atoms with Crippen molar-refractivity contribution in [1.29, 1.82) is 0 Å². The van der Waals surface area contributed by atoms with Crippen molar-refractivity contribution >= 4 is 5.96 Å². The van der Waals surface area contributed by atoms with E-state index in [4.69, 9.17) is 4.99 Å². The number of hydrogen-bond acceptors (Lipinski definition) is 3. The molecule has 0 aromatic carbocycles. The Morgan fingerprint density at radius 1 is 1.36 bits per heavy atom. The molecule has 22 heavy (non-hydrogen) atoms. The molecule has 1 aromatic rings. The summed E-state index contributed by atoms with van der Waals surface area (Å²) in [5.41, 5.74) is 0. The molecule has 2 N–H and O–H groups in total. The first-order chi connectivity index (χ1) is 10.8. The lowest BCUT2D eigenvalue weighted by Gasteiger charge is -2.17. The number of aliphatic imine (C=N–C) groups is 1. The molecule has 124 valence electrons. The molecule has 2 rings (SSSR count). The highest BCUT2D eigenvalue weighted by atomic mass is 15.3. The molecule has 1 aliphatic rings. The van der Waals surface area contributed by atoms with E-state index < -0.39 is 0 Å². The summed E-state index contributed by atoms with van der Waals surface area (Å²) in [5.74, 6) is 2.00. The quantitative estimate of drug-likeness (QED) is 0.438. The first-order valence-electron chi connectivity index (χ1n) is 8.75. The molecule has 0 radical (unpaired) electrons. The van der Waals surface area contributed by atoms with Crippen molar-refractivity contribution in [2.45, 2.75) is 71.4 Å². The fourth-order valence-corrected chi connectivity index (χ4v) is 2.80. The summed E-state index contributed by atoms with van der Waals surface area (Å²) in [4.78, 5) is 4.69. The van der Waals surface area contributed by atoms with Crippen molar-refractivity contribution in [2.75, 3.05) is 13.1 Å². The zero-order valence-electron chi connectivity index (χ0n) is 14.0. The molecule has 0 spiro atoms. The number of nitrogens with zero attached hydrogens (tertiary/aromatic N) is 4. The molecular formula is C16H30N6. The van der Waals surface area contributed by atoms with Crippen molar-refractivity contribution in [3.05, 3.63) is 12.2 Å². The fourth-order valence-electron chi connectivity index (χ4n) is 2.80. The fraction of sp³-hybridized carbons (Fsp3) is 0.812. The second-order valence-electron chi connectivity index (χ2n) is 5.93. The predicted octanol–water partition coefficient (Wildman–Crippen LogP) is 2.12. The van der Waals surface area contributed by atoms with E-state index in [1.165, 1.54) is 32.1 Å². The molecule has 0 amide bonds. The van der Waals surface area contributed by atoms with Crippen molar-refractivity contribution in [3.63, 3.8) is 0 Å². The molecule has 1 heterocycles. The number of unbranched alkanes of at least 4 members (excludes halogenated alkanes) is 1. The van der Waals surface area contributed by atoms with Crippen molar-refractivity contribution in [3.8, 4) is 0 Å². The van der Waals surface area contributed by atoms with E-state index in [1.807, 2.05) is 0 Å². The molecule has 6 heteroatoms. The Morgan fingerprint density at radius 3 is 2.91 bits per heavy atom. The summed E-state index contributed by atoms with van der Waals surface area (Å²) in [6.45, 7) is 6.91. The number of aryl methyl sites for hydroxylation is 1. The Kier molecular flexibility index (Phi) is 7.19. The van der Waals surface area contributed by atoms with Crippen LogP contribution in [0.25, 0.3) is 0 Å². The Hall–Kier alpha value is -1.59. The molecule has 1 saturated carbocycles. The largest absolute Gasteiger partial charge is 0.355 e. The molecule has 1 fully saturated rings. The molecule has 0 saturated heterocycles. The summed E-state index contributed by atoms with van der Waals surface area (Å²) in [6.07, 6.45) is 10.2. The van der Waals surface area contributed by atoms with E-state index in [0.29, 0.717) is 6.04 Å². The van der Waals surface area contributed by atoms with Crippen LogP contribution < -0.4 is 10.6 Å². The van der Waals surface area contributed by atoms with Gasteiger partial charge in [-0.2, -0.15) is 0 Å². The van der Waals surface area contributed by atoms with E-state index in [2.05, 4.69) is 39.2 Å². The van der Waals surface area contributed by atoms with Crippen LogP contribution in [-0.2, 0) is 13.0 Å². The van der Waals surface area contributed by atoms with Gasteiger partial charge in [-0.05, 0) is 19.3 Å². The predicted molar refractivity (Wildman–Crippen MR) is 90.0 cm³/mol. The van der Waals surface area contributed by atoms with Crippen LogP contribution in [0, 0.1) is 0 Å². The molecule has 0 bridgehead atoms. The monoisotopic (exact) mass is 306 g/mol. The normalized spacial score (nSPS) is 16.2. The van der Waals surface area contributed by atoms with Gasteiger partial charge in [-0.15, -0.1) is 10.2 Å². The number of aromatic nitrogens is 3. The van der Waals surface area contributed by atoms with Crippen LogP contribution in [-0.4, -0.2) is 39.9 Å². The minimum atomic E-state index is 0.592. The van der Waals surface area contributed by atoms with E-state index in [9.17, 15) is 0 Å². The van der Waals surface area contributed by atoms with Gasteiger partial charge >= 0.3 is 0 Å². The van der Waals surface area contributed by atoms with Gasteiger partial charge < -0.3 is 15.2 Å². The highest BCUT2D eigenvalue weighted by Crippen LogP contribution is 2.17. The minimum Gasteiger partial charge on any atom is -0.355 e. The van der Waals surface area contributed by atoms with Crippen LogP contribution in [0.2, 0.25) is 0 Å². The highest BCUT2D eigenvalue weighted by molar-refractivity contribution is 5.80. The first kappa shape index (κ1) is 16.8. The van der Waals surface area contributed by atoms with E-state index in [0.717, 1.165) is 44.3 Å². The molecular weight excluding hydrogens is 276 g/mol. The van der Waals surface area contributed by atoms with Crippen LogP contribution >= 0.6 is 0 Å². The topological polar surface area (TPSA) is 67.1 Å². The highest BCUT2D eigenvalue weighted by Gasteiger charge is 2.15. The van der Waals surface area contributed by atoms with Gasteiger partial charge in [0, 0.05) is 32.1 Å². The average Bonchev–Trinajstić information content (AvgIpc) is 3.18. The summed E-state index contributed by atoms with van der Waals surface area (Å²) in [6, 6.07) is 0.592. The summed E-state index contributed by atoms with van der Waals surface area (Å²) >= 11 is 0. The number of nitrogens with one attached hydrogen (secondary N) is 2. The second-order valence-corrected chi connectivity index (χ2v) is 5.93. The molecule has 0 aliphatic heterocycles. The van der Waals surface area contributed by atoms with Gasteiger partial charge in [-0.1, -0.05) is 33.1 Å². The average molecular weight is 306 g/mol. The summed E-state index contributed by atoms with van der Waals surface area (Å²) in [5, 5.41) is 15.1. The van der Waals surface area contributed by atoms with Gasteiger partial charge in [0.2, 0.25) is 0 Å². The molecule has 0 unspecified atom stereocenters. The van der Waals surface area contributed by atoms with Crippen LogP contribution in [0.15, 0.2) is 11.3 Å². The van der Waals surface area contributed by atoms with Gasteiger partial charge in [0.15, 0.2) is 5.96 Å². The van der Waals surface area contributed by atoms with Crippen LogP contribution in [0.3, 0.4) is 0 Å². The number of guanidine groups is 1. The van der Waals surface area contributed by atoms with Crippen LogP contribution in [0.1, 0.15) is 58.2 Å². The lowest BCUT2D eigenvalue weighted by atomic mass is 10.2. The third-order valence-electron chi connectivity index (χ3n) is 4.13. The van der Waals surface area contributed by atoms with E-state index in [1.54, 1.807) is 6.33 Å². The van der Waals surface area contributed by atoms with E-state index in [-0.39, 0.29) is 0 Å². The Morgan fingerprint density at radius 2 is 2.18 bits per heavy atom. The van der Waals surface area contributed by atoms with Gasteiger partial charge in [0.05, 0.1) is 0 Å².